The van der Waals surface area contributed by atoms with E-state index in [1.54, 1.807) is 0 Å². The molecule has 82 valence electrons. The molecule has 0 aromatic heterocycles. The molecule has 1 unspecified atom stereocenters. The van der Waals surface area contributed by atoms with Crippen LogP contribution in [0.25, 0.3) is 0 Å². The SMILES string of the molecule is CC1(C)CN(c2ccccc2)CCC1N. The van der Waals surface area contributed by atoms with E-state index < -0.39 is 0 Å². The molecule has 0 amide bonds. The van der Waals surface area contributed by atoms with Gasteiger partial charge in [-0.2, -0.15) is 0 Å². The van der Waals surface area contributed by atoms with Gasteiger partial charge in [0.2, 0.25) is 0 Å². The molecule has 1 aromatic carbocycles. The molecule has 1 aliphatic rings. The van der Waals surface area contributed by atoms with Crippen LogP contribution in [-0.2, 0) is 0 Å². The van der Waals surface area contributed by atoms with Crippen LogP contribution in [0.4, 0.5) is 5.69 Å². The Morgan fingerprint density at radius 1 is 1.27 bits per heavy atom. The lowest BCUT2D eigenvalue weighted by Crippen LogP contribution is -2.52. The van der Waals surface area contributed by atoms with Crippen molar-refractivity contribution in [2.24, 2.45) is 11.1 Å². The fourth-order valence-corrected chi connectivity index (χ4v) is 2.23. The summed E-state index contributed by atoms with van der Waals surface area (Å²) in [6.45, 7) is 6.65. The zero-order chi connectivity index (χ0) is 10.9. The molecule has 2 heteroatoms. The van der Waals surface area contributed by atoms with E-state index in [0.29, 0.717) is 6.04 Å². The zero-order valence-electron chi connectivity index (χ0n) is 9.61. The largest absolute Gasteiger partial charge is 0.371 e. The van der Waals surface area contributed by atoms with Crippen LogP contribution in [0, 0.1) is 5.41 Å². The molecule has 1 heterocycles. The van der Waals surface area contributed by atoms with Crippen molar-refractivity contribution in [2.75, 3.05) is 18.0 Å². The average molecular weight is 204 g/mol. The number of anilines is 1. The van der Waals surface area contributed by atoms with Crippen molar-refractivity contribution in [3.8, 4) is 0 Å². The van der Waals surface area contributed by atoms with Gasteiger partial charge in [-0.25, -0.2) is 0 Å². The second-order valence-electron chi connectivity index (χ2n) is 5.14. The van der Waals surface area contributed by atoms with Crippen LogP contribution in [0.3, 0.4) is 0 Å². The van der Waals surface area contributed by atoms with E-state index in [-0.39, 0.29) is 5.41 Å². The van der Waals surface area contributed by atoms with Crippen LogP contribution >= 0.6 is 0 Å². The van der Waals surface area contributed by atoms with Crippen molar-refractivity contribution in [2.45, 2.75) is 26.3 Å². The molecule has 1 saturated heterocycles. The number of hydrogen-bond acceptors (Lipinski definition) is 2. The fourth-order valence-electron chi connectivity index (χ4n) is 2.23. The van der Waals surface area contributed by atoms with Crippen molar-refractivity contribution < 1.29 is 0 Å². The van der Waals surface area contributed by atoms with Gasteiger partial charge < -0.3 is 10.6 Å². The summed E-state index contributed by atoms with van der Waals surface area (Å²) in [6, 6.07) is 10.9. The molecule has 1 aliphatic heterocycles. The zero-order valence-corrected chi connectivity index (χ0v) is 9.61. The number of nitrogens with two attached hydrogens (primary N) is 1. The predicted octanol–water partition coefficient (Wildman–Crippen LogP) is 2.25. The molecule has 0 radical (unpaired) electrons. The van der Waals surface area contributed by atoms with Crippen LogP contribution in [0.1, 0.15) is 20.3 Å². The standard InChI is InChI=1S/C13H20N2/c1-13(2)10-15(9-8-12(13)14)11-6-4-3-5-7-11/h3-7,12H,8-10,14H2,1-2H3. The molecule has 1 atom stereocenters. The van der Waals surface area contributed by atoms with E-state index >= 15 is 0 Å². The highest BCUT2D eigenvalue weighted by Crippen LogP contribution is 2.30. The van der Waals surface area contributed by atoms with Crippen molar-refractivity contribution in [3.63, 3.8) is 0 Å². The number of para-hydroxylation sites is 1. The summed E-state index contributed by atoms with van der Waals surface area (Å²) >= 11 is 0. The molecule has 0 aliphatic carbocycles. The van der Waals surface area contributed by atoms with Crippen LogP contribution in [0.15, 0.2) is 30.3 Å². The van der Waals surface area contributed by atoms with Gasteiger partial charge in [-0.05, 0) is 24.0 Å². The number of hydrogen-bond donors (Lipinski definition) is 1. The maximum absolute atomic E-state index is 6.13. The summed E-state index contributed by atoms with van der Waals surface area (Å²) in [6.07, 6.45) is 1.09. The van der Waals surface area contributed by atoms with Gasteiger partial charge in [-0.15, -0.1) is 0 Å². The summed E-state index contributed by atoms with van der Waals surface area (Å²) in [5.74, 6) is 0. The average Bonchev–Trinajstić information content (AvgIpc) is 2.23. The molecular formula is C13H20N2. The van der Waals surface area contributed by atoms with Crippen molar-refractivity contribution in [3.05, 3.63) is 30.3 Å². The molecule has 0 spiro atoms. The number of benzene rings is 1. The molecule has 2 rings (SSSR count). The van der Waals surface area contributed by atoms with Gasteiger partial charge >= 0.3 is 0 Å². The Morgan fingerprint density at radius 3 is 2.53 bits per heavy atom. The quantitative estimate of drug-likeness (QED) is 0.760. The minimum absolute atomic E-state index is 0.216. The lowest BCUT2D eigenvalue weighted by molar-refractivity contribution is 0.245. The van der Waals surface area contributed by atoms with Gasteiger partial charge in [-0.1, -0.05) is 32.0 Å². The lowest BCUT2D eigenvalue weighted by Gasteiger charge is -2.43. The second kappa shape index (κ2) is 3.86. The summed E-state index contributed by atoms with van der Waals surface area (Å²) < 4.78 is 0. The third kappa shape index (κ3) is 2.15. The first-order valence-electron chi connectivity index (χ1n) is 5.65. The van der Waals surface area contributed by atoms with Crippen LogP contribution < -0.4 is 10.6 Å². The van der Waals surface area contributed by atoms with Gasteiger partial charge in [-0.3, -0.25) is 0 Å². The third-order valence-electron chi connectivity index (χ3n) is 3.43. The van der Waals surface area contributed by atoms with E-state index in [1.165, 1.54) is 5.69 Å². The number of rotatable bonds is 1. The predicted molar refractivity (Wildman–Crippen MR) is 65.0 cm³/mol. The highest BCUT2D eigenvalue weighted by molar-refractivity contribution is 5.46. The second-order valence-corrected chi connectivity index (χ2v) is 5.14. The Kier molecular flexibility index (Phi) is 2.70. The molecule has 0 bridgehead atoms. The maximum atomic E-state index is 6.13. The van der Waals surface area contributed by atoms with Gasteiger partial charge in [0.05, 0.1) is 0 Å². The Morgan fingerprint density at radius 2 is 1.93 bits per heavy atom. The van der Waals surface area contributed by atoms with E-state index in [9.17, 15) is 0 Å². The van der Waals surface area contributed by atoms with E-state index in [2.05, 4.69) is 49.1 Å². The summed E-state index contributed by atoms with van der Waals surface area (Å²) in [5.41, 5.74) is 7.66. The Bertz CT molecular complexity index is 319. The summed E-state index contributed by atoms with van der Waals surface area (Å²) in [5, 5.41) is 0. The highest BCUT2D eigenvalue weighted by atomic mass is 15.2. The first-order valence-corrected chi connectivity index (χ1v) is 5.65. The molecule has 15 heavy (non-hydrogen) atoms. The number of piperidine rings is 1. The summed E-state index contributed by atoms with van der Waals surface area (Å²) in [4.78, 5) is 2.43. The van der Waals surface area contributed by atoms with E-state index in [0.717, 1.165) is 19.5 Å². The van der Waals surface area contributed by atoms with E-state index in [4.69, 9.17) is 5.73 Å². The van der Waals surface area contributed by atoms with Crippen molar-refractivity contribution in [1.82, 2.24) is 0 Å². The monoisotopic (exact) mass is 204 g/mol. The molecule has 1 fully saturated rings. The topological polar surface area (TPSA) is 29.3 Å². The fraction of sp³-hybridized carbons (Fsp3) is 0.538. The molecule has 2 nitrogen and oxygen atoms in total. The van der Waals surface area contributed by atoms with Gasteiger partial charge in [0.25, 0.3) is 0 Å². The first kappa shape index (κ1) is 10.5. The van der Waals surface area contributed by atoms with Crippen molar-refractivity contribution in [1.29, 1.82) is 0 Å². The molecule has 1 aromatic rings. The van der Waals surface area contributed by atoms with Gasteiger partial charge in [0.1, 0.15) is 0 Å². The molecule has 2 N–H and O–H groups in total. The smallest absolute Gasteiger partial charge is 0.0366 e. The minimum Gasteiger partial charge on any atom is -0.371 e. The lowest BCUT2D eigenvalue weighted by atomic mass is 9.79. The van der Waals surface area contributed by atoms with Gasteiger partial charge in [0.15, 0.2) is 0 Å². The van der Waals surface area contributed by atoms with Crippen LogP contribution in [0.5, 0.6) is 0 Å². The Hall–Kier alpha value is -1.02. The number of nitrogens with zero attached hydrogens (tertiary/aromatic N) is 1. The van der Waals surface area contributed by atoms with Crippen LogP contribution in [-0.4, -0.2) is 19.1 Å². The minimum atomic E-state index is 0.216. The Balaban J connectivity index is 2.14. The van der Waals surface area contributed by atoms with Crippen LogP contribution in [0.2, 0.25) is 0 Å². The van der Waals surface area contributed by atoms with Gasteiger partial charge in [0, 0.05) is 24.8 Å². The normalized spacial score (nSPS) is 25.3. The summed E-state index contributed by atoms with van der Waals surface area (Å²) in [7, 11) is 0. The molecule has 0 saturated carbocycles. The molecular weight excluding hydrogens is 184 g/mol. The first-order chi connectivity index (χ1) is 7.09. The maximum Gasteiger partial charge on any atom is 0.0366 e. The highest BCUT2D eigenvalue weighted by Gasteiger charge is 2.33. The van der Waals surface area contributed by atoms with E-state index in [1.807, 2.05) is 0 Å². The van der Waals surface area contributed by atoms with Crippen molar-refractivity contribution >= 4 is 5.69 Å². The third-order valence-corrected chi connectivity index (χ3v) is 3.43. The Labute approximate surface area is 92.1 Å².